The lowest BCUT2D eigenvalue weighted by Crippen LogP contribution is -2.37. The molecule has 3 nitrogen and oxygen atoms in total. The average Bonchev–Trinajstić information content (AvgIpc) is 3.26. The Bertz CT molecular complexity index is 539. The van der Waals surface area contributed by atoms with Crippen molar-refractivity contribution in [3.63, 3.8) is 0 Å². The molecule has 1 saturated heterocycles. The molecule has 0 bridgehead atoms. The molecule has 5 heteroatoms. The van der Waals surface area contributed by atoms with Crippen LogP contribution < -0.4 is 5.32 Å². The molecule has 0 aromatic heterocycles. The van der Waals surface area contributed by atoms with Crippen LogP contribution in [0.15, 0.2) is 18.2 Å². The minimum Gasteiger partial charge on any atom is -0.381 e. The number of carbonyl (C=O) groups excluding carboxylic acids is 1. The largest absolute Gasteiger partial charge is 0.381 e. The van der Waals surface area contributed by atoms with Gasteiger partial charge < -0.3 is 10.1 Å². The summed E-state index contributed by atoms with van der Waals surface area (Å²) >= 11 is 6.08. The smallest absolute Gasteiger partial charge is 0.223 e. The van der Waals surface area contributed by atoms with Crippen molar-refractivity contribution in [2.24, 2.45) is 11.8 Å². The van der Waals surface area contributed by atoms with Crippen molar-refractivity contribution in [1.82, 2.24) is 5.32 Å². The van der Waals surface area contributed by atoms with Crippen LogP contribution >= 0.6 is 11.6 Å². The van der Waals surface area contributed by atoms with E-state index in [0.717, 1.165) is 32.5 Å². The standard InChI is InChI=1S/C17H21ClFNO2/c1-10(11-5-7-22-8-6-11)17(21)20-15-9-12(15)16-13(18)3-2-4-14(16)19/h2-4,10-12,15H,5-9H2,1H3,(H,20,21)/t10-,12+,15-/m0/s1. The Labute approximate surface area is 135 Å². The van der Waals surface area contributed by atoms with E-state index in [1.807, 2.05) is 6.92 Å². The van der Waals surface area contributed by atoms with Crippen LogP contribution in [-0.4, -0.2) is 25.2 Å². The fraction of sp³-hybridized carbons (Fsp3) is 0.588. The summed E-state index contributed by atoms with van der Waals surface area (Å²) in [6.07, 6.45) is 2.62. The maximum Gasteiger partial charge on any atom is 0.223 e. The fourth-order valence-corrected chi connectivity index (χ4v) is 3.59. The molecule has 0 unspecified atom stereocenters. The van der Waals surface area contributed by atoms with Crippen LogP contribution in [0.3, 0.4) is 0 Å². The zero-order valence-electron chi connectivity index (χ0n) is 12.6. The Balaban J connectivity index is 1.58. The zero-order chi connectivity index (χ0) is 15.7. The SMILES string of the molecule is C[C@H](C(=O)N[C@H]1C[C@H]1c1c(F)cccc1Cl)C1CCOCC1. The second-order valence-electron chi connectivity index (χ2n) is 6.33. The normalized spacial score (nSPS) is 26.5. The Hall–Kier alpha value is -1.13. The number of rotatable bonds is 4. The summed E-state index contributed by atoms with van der Waals surface area (Å²) in [5.74, 6) is 0.127. The van der Waals surface area contributed by atoms with E-state index >= 15 is 0 Å². The van der Waals surface area contributed by atoms with Crippen LogP contribution in [0.5, 0.6) is 0 Å². The van der Waals surface area contributed by atoms with Gasteiger partial charge in [0.25, 0.3) is 0 Å². The zero-order valence-corrected chi connectivity index (χ0v) is 13.4. The van der Waals surface area contributed by atoms with Gasteiger partial charge in [-0.05, 0) is 37.3 Å². The van der Waals surface area contributed by atoms with Crippen molar-refractivity contribution in [2.45, 2.75) is 38.1 Å². The second kappa shape index (κ2) is 6.55. The number of carbonyl (C=O) groups is 1. The van der Waals surface area contributed by atoms with Gasteiger partial charge in [-0.25, -0.2) is 4.39 Å². The molecule has 3 atom stereocenters. The molecule has 120 valence electrons. The molecular weight excluding hydrogens is 305 g/mol. The molecule has 0 radical (unpaired) electrons. The molecule has 0 spiro atoms. The molecule has 2 aliphatic rings. The van der Waals surface area contributed by atoms with E-state index in [2.05, 4.69) is 5.32 Å². The predicted octanol–water partition coefficient (Wildman–Crippen LogP) is 3.51. The van der Waals surface area contributed by atoms with E-state index in [0.29, 0.717) is 16.5 Å². The van der Waals surface area contributed by atoms with Crippen molar-refractivity contribution < 1.29 is 13.9 Å². The average molecular weight is 326 g/mol. The summed E-state index contributed by atoms with van der Waals surface area (Å²) in [5.41, 5.74) is 0.535. The summed E-state index contributed by atoms with van der Waals surface area (Å²) in [5, 5.41) is 3.49. The highest BCUT2D eigenvalue weighted by Crippen LogP contribution is 2.45. The number of hydrogen-bond acceptors (Lipinski definition) is 2. The Morgan fingerprint density at radius 3 is 2.82 bits per heavy atom. The van der Waals surface area contributed by atoms with E-state index in [1.54, 1.807) is 12.1 Å². The first kappa shape index (κ1) is 15.8. The van der Waals surface area contributed by atoms with Crippen molar-refractivity contribution in [1.29, 1.82) is 0 Å². The lowest BCUT2D eigenvalue weighted by Gasteiger charge is -2.27. The highest BCUT2D eigenvalue weighted by Gasteiger charge is 2.43. The number of hydrogen-bond donors (Lipinski definition) is 1. The summed E-state index contributed by atoms with van der Waals surface area (Å²) in [6.45, 7) is 3.44. The maximum atomic E-state index is 13.9. The molecule has 1 amide bonds. The maximum absolute atomic E-state index is 13.9. The van der Waals surface area contributed by atoms with Crippen LogP contribution in [-0.2, 0) is 9.53 Å². The van der Waals surface area contributed by atoms with Gasteiger partial charge in [-0.2, -0.15) is 0 Å². The van der Waals surface area contributed by atoms with Crippen LogP contribution in [0.4, 0.5) is 4.39 Å². The minimum atomic E-state index is -0.285. The van der Waals surface area contributed by atoms with Gasteiger partial charge in [0.15, 0.2) is 0 Å². The highest BCUT2D eigenvalue weighted by atomic mass is 35.5. The molecule has 2 fully saturated rings. The van der Waals surface area contributed by atoms with Gasteiger partial charge in [0.05, 0.1) is 0 Å². The van der Waals surface area contributed by atoms with Gasteiger partial charge in [-0.1, -0.05) is 24.6 Å². The lowest BCUT2D eigenvalue weighted by atomic mass is 9.87. The molecule has 3 rings (SSSR count). The van der Waals surface area contributed by atoms with E-state index in [4.69, 9.17) is 16.3 Å². The predicted molar refractivity (Wildman–Crippen MR) is 83.4 cm³/mol. The molecule has 1 aromatic rings. The third kappa shape index (κ3) is 3.28. The van der Waals surface area contributed by atoms with Gasteiger partial charge in [-0.3, -0.25) is 4.79 Å². The Morgan fingerprint density at radius 2 is 2.14 bits per heavy atom. The van der Waals surface area contributed by atoms with Gasteiger partial charge in [0.1, 0.15) is 5.82 Å². The first-order valence-electron chi connectivity index (χ1n) is 7.90. The topological polar surface area (TPSA) is 38.3 Å². The Morgan fingerprint density at radius 1 is 1.41 bits per heavy atom. The highest BCUT2D eigenvalue weighted by molar-refractivity contribution is 6.31. The van der Waals surface area contributed by atoms with Crippen LogP contribution in [0.25, 0.3) is 0 Å². The van der Waals surface area contributed by atoms with Gasteiger partial charge in [0.2, 0.25) is 5.91 Å². The molecular formula is C17H21ClFNO2. The first-order chi connectivity index (χ1) is 10.6. The molecule has 1 aliphatic heterocycles. The lowest BCUT2D eigenvalue weighted by molar-refractivity contribution is -0.127. The van der Waals surface area contributed by atoms with Crippen LogP contribution in [0.2, 0.25) is 5.02 Å². The van der Waals surface area contributed by atoms with Gasteiger partial charge in [0, 0.05) is 41.7 Å². The molecule has 1 aliphatic carbocycles. The number of halogens is 2. The Kier molecular flexibility index (Phi) is 4.69. The minimum absolute atomic E-state index is 0.000427. The van der Waals surface area contributed by atoms with E-state index < -0.39 is 0 Å². The second-order valence-corrected chi connectivity index (χ2v) is 6.74. The molecule has 1 aromatic carbocycles. The van der Waals surface area contributed by atoms with Crippen LogP contribution in [0.1, 0.15) is 37.7 Å². The summed E-state index contributed by atoms with van der Waals surface area (Å²) < 4.78 is 19.2. The molecule has 22 heavy (non-hydrogen) atoms. The van der Waals surface area contributed by atoms with Gasteiger partial charge in [-0.15, -0.1) is 0 Å². The summed E-state index contributed by atoms with van der Waals surface area (Å²) in [6, 6.07) is 4.72. The molecule has 1 N–H and O–H groups in total. The monoisotopic (exact) mass is 325 g/mol. The number of amides is 1. The fourth-order valence-electron chi connectivity index (χ4n) is 3.28. The van der Waals surface area contributed by atoms with E-state index in [-0.39, 0.29) is 29.6 Å². The van der Waals surface area contributed by atoms with Crippen molar-refractivity contribution in [3.05, 3.63) is 34.6 Å². The van der Waals surface area contributed by atoms with Crippen LogP contribution in [0, 0.1) is 17.7 Å². The van der Waals surface area contributed by atoms with E-state index in [1.165, 1.54) is 6.07 Å². The van der Waals surface area contributed by atoms with Crippen molar-refractivity contribution in [2.75, 3.05) is 13.2 Å². The number of benzene rings is 1. The first-order valence-corrected chi connectivity index (χ1v) is 8.27. The third-order valence-electron chi connectivity index (χ3n) is 4.88. The number of nitrogens with one attached hydrogen (secondary N) is 1. The number of ether oxygens (including phenoxy) is 1. The van der Waals surface area contributed by atoms with Crippen molar-refractivity contribution in [3.8, 4) is 0 Å². The molecule has 1 heterocycles. The van der Waals surface area contributed by atoms with E-state index in [9.17, 15) is 9.18 Å². The summed E-state index contributed by atoms with van der Waals surface area (Å²) in [4.78, 5) is 12.4. The summed E-state index contributed by atoms with van der Waals surface area (Å²) in [7, 11) is 0. The third-order valence-corrected chi connectivity index (χ3v) is 5.20. The quantitative estimate of drug-likeness (QED) is 0.920. The van der Waals surface area contributed by atoms with Gasteiger partial charge >= 0.3 is 0 Å². The molecule has 1 saturated carbocycles. The van der Waals surface area contributed by atoms with Crippen molar-refractivity contribution >= 4 is 17.5 Å².